The van der Waals surface area contributed by atoms with Gasteiger partial charge in [0.2, 0.25) is 5.91 Å². The Kier molecular flexibility index (Phi) is 9.38. The second kappa shape index (κ2) is 12.0. The predicted molar refractivity (Wildman–Crippen MR) is 124 cm³/mol. The number of aliphatic hydroxyl groups is 1. The molecular weight excluding hydrogens is 376 g/mol. The molecule has 1 aromatic heterocycles. The van der Waals surface area contributed by atoms with Crippen LogP contribution in [0.1, 0.15) is 44.2 Å². The maximum atomic E-state index is 13.1. The number of nitrogens with two attached hydrogens (primary N) is 1. The minimum Gasteiger partial charge on any atom is -0.392 e. The molecule has 0 radical (unpaired) electrons. The Morgan fingerprint density at radius 1 is 1.20 bits per heavy atom. The van der Waals surface area contributed by atoms with E-state index in [0.717, 1.165) is 48.2 Å². The summed E-state index contributed by atoms with van der Waals surface area (Å²) in [5, 5.41) is 9.35. The molecule has 160 valence electrons. The highest BCUT2D eigenvalue weighted by atomic mass is 16.3. The standard InChI is InChI=1S/C24H32N4O2/c1-4-10-28(11-5-2)24(30)21(8-9-25)13-20-7-6-19(14-23(20)26-3)22-12-18(17-29)15-27-16-22/h6-7,12-16,29H,3-5,8-11,17,25H2,1-2H3/b21-13+. The Hall–Kier alpha value is -2.83. The first-order chi connectivity index (χ1) is 14.6. The number of pyridine rings is 1. The van der Waals surface area contributed by atoms with Crippen LogP contribution in [0.5, 0.6) is 0 Å². The molecule has 0 aliphatic carbocycles. The van der Waals surface area contributed by atoms with Crippen LogP contribution in [0.3, 0.4) is 0 Å². The van der Waals surface area contributed by atoms with E-state index in [1.165, 1.54) is 0 Å². The van der Waals surface area contributed by atoms with E-state index in [4.69, 9.17) is 5.73 Å². The number of rotatable bonds is 11. The van der Waals surface area contributed by atoms with E-state index in [-0.39, 0.29) is 12.5 Å². The molecule has 0 aliphatic heterocycles. The summed E-state index contributed by atoms with van der Waals surface area (Å²) in [7, 11) is 0. The monoisotopic (exact) mass is 408 g/mol. The van der Waals surface area contributed by atoms with Crippen LogP contribution in [0.15, 0.2) is 47.2 Å². The third kappa shape index (κ3) is 6.08. The quantitative estimate of drug-likeness (QED) is 0.435. The molecule has 0 aliphatic rings. The maximum absolute atomic E-state index is 13.1. The summed E-state index contributed by atoms with van der Waals surface area (Å²) in [4.78, 5) is 23.3. The van der Waals surface area contributed by atoms with Crippen LogP contribution >= 0.6 is 0 Å². The van der Waals surface area contributed by atoms with Gasteiger partial charge in [-0.3, -0.25) is 14.8 Å². The molecule has 6 nitrogen and oxygen atoms in total. The lowest BCUT2D eigenvalue weighted by Crippen LogP contribution is -2.34. The fraction of sp³-hybridized carbons (Fsp3) is 0.375. The molecular formula is C24H32N4O2. The van der Waals surface area contributed by atoms with Crippen molar-refractivity contribution in [1.82, 2.24) is 9.88 Å². The largest absolute Gasteiger partial charge is 0.392 e. The topological polar surface area (TPSA) is 91.8 Å². The van der Waals surface area contributed by atoms with Gasteiger partial charge in [0.25, 0.3) is 0 Å². The molecule has 3 N–H and O–H groups in total. The predicted octanol–water partition coefficient (Wildman–Crippen LogP) is 3.95. The molecule has 0 unspecified atom stereocenters. The highest BCUT2D eigenvalue weighted by Crippen LogP contribution is 2.29. The van der Waals surface area contributed by atoms with Crippen LogP contribution in [0, 0.1) is 0 Å². The van der Waals surface area contributed by atoms with Crippen molar-refractivity contribution in [3.05, 3.63) is 53.4 Å². The van der Waals surface area contributed by atoms with Crippen LogP contribution in [0.25, 0.3) is 17.2 Å². The molecule has 2 rings (SSSR count). The van der Waals surface area contributed by atoms with Gasteiger partial charge in [-0.25, -0.2) is 0 Å². The molecule has 0 atom stereocenters. The summed E-state index contributed by atoms with van der Waals surface area (Å²) in [5.41, 5.74) is 10.5. The number of aliphatic imine (C=N–C) groups is 1. The number of aromatic nitrogens is 1. The normalized spacial score (nSPS) is 11.4. The highest BCUT2D eigenvalue weighted by molar-refractivity contribution is 5.98. The Balaban J connectivity index is 2.42. The van der Waals surface area contributed by atoms with Gasteiger partial charge in [-0.2, -0.15) is 0 Å². The van der Waals surface area contributed by atoms with Gasteiger partial charge < -0.3 is 15.7 Å². The van der Waals surface area contributed by atoms with Crippen LogP contribution < -0.4 is 5.73 Å². The zero-order valence-electron chi connectivity index (χ0n) is 18.0. The van der Waals surface area contributed by atoms with Crippen molar-refractivity contribution in [3.63, 3.8) is 0 Å². The van der Waals surface area contributed by atoms with Gasteiger partial charge in [-0.05, 0) is 61.9 Å². The number of carbonyl (C=O) groups excluding carboxylic acids is 1. The Morgan fingerprint density at radius 3 is 2.53 bits per heavy atom. The lowest BCUT2D eigenvalue weighted by Gasteiger charge is -2.23. The van der Waals surface area contributed by atoms with Crippen molar-refractivity contribution in [3.8, 4) is 11.1 Å². The van der Waals surface area contributed by atoms with Gasteiger partial charge in [-0.1, -0.05) is 26.0 Å². The van der Waals surface area contributed by atoms with Gasteiger partial charge in [0, 0.05) is 42.2 Å². The number of hydrogen-bond acceptors (Lipinski definition) is 5. The van der Waals surface area contributed by atoms with Crippen LogP contribution in [-0.2, 0) is 11.4 Å². The number of nitrogens with zero attached hydrogens (tertiary/aromatic N) is 3. The number of hydrogen-bond donors (Lipinski definition) is 2. The van der Waals surface area contributed by atoms with Crippen LogP contribution in [0.2, 0.25) is 0 Å². The maximum Gasteiger partial charge on any atom is 0.249 e. The van der Waals surface area contributed by atoms with Crippen LogP contribution in [0.4, 0.5) is 5.69 Å². The van der Waals surface area contributed by atoms with E-state index in [2.05, 4.69) is 30.5 Å². The highest BCUT2D eigenvalue weighted by Gasteiger charge is 2.17. The summed E-state index contributed by atoms with van der Waals surface area (Å²) in [5.74, 6) is 0.0306. The zero-order valence-corrected chi connectivity index (χ0v) is 18.0. The Labute approximate surface area is 179 Å². The Bertz CT molecular complexity index is 887. The third-order valence-electron chi connectivity index (χ3n) is 4.80. The smallest absolute Gasteiger partial charge is 0.249 e. The van der Waals surface area contributed by atoms with Gasteiger partial charge in [0.05, 0.1) is 12.3 Å². The van der Waals surface area contributed by atoms with E-state index in [1.807, 2.05) is 35.2 Å². The SMILES string of the molecule is C=Nc1cc(-c2cncc(CO)c2)ccc1/C=C(\CCN)C(=O)N(CCC)CCC. The number of amides is 1. The third-order valence-corrected chi connectivity index (χ3v) is 4.80. The molecule has 30 heavy (non-hydrogen) atoms. The van der Waals surface area contributed by atoms with Crippen molar-refractivity contribution in [1.29, 1.82) is 0 Å². The van der Waals surface area contributed by atoms with E-state index >= 15 is 0 Å². The molecule has 0 spiro atoms. The van der Waals surface area contributed by atoms with Gasteiger partial charge in [0.1, 0.15) is 0 Å². The molecule has 6 heteroatoms. The summed E-state index contributed by atoms with van der Waals surface area (Å²) >= 11 is 0. The van der Waals surface area contributed by atoms with E-state index in [1.54, 1.807) is 12.4 Å². The van der Waals surface area contributed by atoms with Gasteiger partial charge >= 0.3 is 0 Å². The minimum atomic E-state index is -0.0647. The minimum absolute atomic E-state index is 0.0306. The number of benzene rings is 1. The second-order valence-corrected chi connectivity index (χ2v) is 7.17. The fourth-order valence-corrected chi connectivity index (χ4v) is 3.36. The van der Waals surface area contributed by atoms with Crippen molar-refractivity contribution < 1.29 is 9.90 Å². The van der Waals surface area contributed by atoms with Crippen molar-refractivity contribution >= 4 is 24.4 Å². The molecule has 1 aromatic carbocycles. The summed E-state index contributed by atoms with van der Waals surface area (Å²) in [6, 6.07) is 7.69. The first-order valence-electron chi connectivity index (χ1n) is 10.4. The lowest BCUT2D eigenvalue weighted by molar-refractivity contribution is -0.127. The molecule has 0 fully saturated rings. The van der Waals surface area contributed by atoms with Gasteiger partial charge in [0.15, 0.2) is 0 Å². The second-order valence-electron chi connectivity index (χ2n) is 7.17. The average Bonchev–Trinajstić information content (AvgIpc) is 2.78. The first-order valence-corrected chi connectivity index (χ1v) is 10.4. The van der Waals surface area contributed by atoms with Gasteiger partial charge in [-0.15, -0.1) is 0 Å². The number of aliphatic hydroxyl groups excluding tert-OH is 1. The first kappa shape index (κ1) is 23.4. The molecule has 1 amide bonds. The fourth-order valence-electron chi connectivity index (χ4n) is 3.36. The summed E-state index contributed by atoms with van der Waals surface area (Å²) < 4.78 is 0. The van der Waals surface area contributed by atoms with Crippen molar-refractivity contribution in [2.75, 3.05) is 19.6 Å². The Morgan fingerprint density at radius 2 is 1.93 bits per heavy atom. The molecule has 0 bridgehead atoms. The average molecular weight is 409 g/mol. The summed E-state index contributed by atoms with van der Waals surface area (Å²) in [6.45, 7) is 9.64. The van der Waals surface area contributed by atoms with Crippen molar-refractivity contribution in [2.45, 2.75) is 39.7 Å². The zero-order chi connectivity index (χ0) is 21.9. The summed E-state index contributed by atoms with van der Waals surface area (Å²) in [6.07, 6.45) is 7.59. The van der Waals surface area contributed by atoms with E-state index in [9.17, 15) is 9.90 Å². The van der Waals surface area contributed by atoms with Crippen molar-refractivity contribution in [2.24, 2.45) is 10.7 Å². The molecule has 0 saturated heterocycles. The molecule has 1 heterocycles. The lowest BCUT2D eigenvalue weighted by atomic mass is 10.00. The number of carbonyl (C=O) groups is 1. The van der Waals surface area contributed by atoms with E-state index < -0.39 is 0 Å². The molecule has 0 saturated carbocycles. The molecule has 2 aromatic rings. The van der Waals surface area contributed by atoms with E-state index in [0.29, 0.717) is 24.2 Å². The van der Waals surface area contributed by atoms with Crippen LogP contribution in [-0.4, -0.2) is 47.2 Å².